The van der Waals surface area contributed by atoms with Crippen LogP contribution in [0.2, 0.25) is 0 Å². The smallest absolute Gasteiger partial charge is 0.405 e. The van der Waals surface area contributed by atoms with Crippen molar-refractivity contribution < 1.29 is 18.5 Å². The molecule has 1 heterocycles. The van der Waals surface area contributed by atoms with Gasteiger partial charge >= 0.3 is 7.12 Å². The SMILES string of the molecule is CC(C)OB(OC(C)C)c1ccc(CC(=O)N2Cc3ccccc3C2)c(F)c1. The molecule has 28 heavy (non-hydrogen) atoms. The third-order valence-corrected chi connectivity index (χ3v) is 4.68. The van der Waals surface area contributed by atoms with Crippen LogP contribution in [0.3, 0.4) is 0 Å². The summed E-state index contributed by atoms with van der Waals surface area (Å²) in [5, 5.41) is 0. The van der Waals surface area contributed by atoms with E-state index in [-0.39, 0.29) is 24.5 Å². The highest BCUT2D eigenvalue weighted by molar-refractivity contribution is 6.61. The third-order valence-electron chi connectivity index (χ3n) is 4.68. The van der Waals surface area contributed by atoms with Crippen molar-refractivity contribution in [2.45, 2.75) is 59.4 Å². The average Bonchev–Trinajstić information content (AvgIpc) is 3.06. The number of fused-ring (bicyclic) bond motifs is 1. The zero-order chi connectivity index (χ0) is 20.3. The number of carbonyl (C=O) groups excluding carboxylic acids is 1. The van der Waals surface area contributed by atoms with Crippen LogP contribution in [0, 0.1) is 5.82 Å². The molecule has 0 N–H and O–H groups in total. The molecule has 0 radical (unpaired) electrons. The Morgan fingerprint density at radius 3 is 2.11 bits per heavy atom. The van der Waals surface area contributed by atoms with E-state index in [0.29, 0.717) is 24.1 Å². The van der Waals surface area contributed by atoms with Crippen molar-refractivity contribution in [3.63, 3.8) is 0 Å². The molecule has 0 saturated carbocycles. The topological polar surface area (TPSA) is 38.8 Å². The summed E-state index contributed by atoms with van der Waals surface area (Å²) in [5.74, 6) is -0.483. The van der Waals surface area contributed by atoms with E-state index in [1.165, 1.54) is 6.07 Å². The van der Waals surface area contributed by atoms with Gasteiger partial charge in [0.05, 0.1) is 6.42 Å². The highest BCUT2D eigenvalue weighted by atomic mass is 19.1. The second-order valence-corrected chi connectivity index (χ2v) is 7.75. The van der Waals surface area contributed by atoms with Crippen molar-refractivity contribution in [1.29, 1.82) is 0 Å². The third kappa shape index (κ3) is 5.00. The summed E-state index contributed by atoms with van der Waals surface area (Å²) in [6.45, 7) is 8.81. The molecule has 4 nitrogen and oxygen atoms in total. The van der Waals surface area contributed by atoms with Crippen LogP contribution in [0.5, 0.6) is 0 Å². The van der Waals surface area contributed by atoms with E-state index in [9.17, 15) is 9.18 Å². The lowest BCUT2D eigenvalue weighted by Gasteiger charge is -2.20. The van der Waals surface area contributed by atoms with Gasteiger partial charge in [-0.3, -0.25) is 4.79 Å². The zero-order valence-electron chi connectivity index (χ0n) is 16.9. The first-order chi connectivity index (χ1) is 13.3. The van der Waals surface area contributed by atoms with Crippen molar-refractivity contribution in [3.05, 3.63) is 65.0 Å². The van der Waals surface area contributed by atoms with Crippen molar-refractivity contribution >= 4 is 18.5 Å². The molecule has 148 valence electrons. The molecule has 2 aromatic rings. The molecule has 0 atom stereocenters. The summed E-state index contributed by atoms with van der Waals surface area (Å²) in [5.41, 5.74) is 3.32. The molecule has 0 saturated heterocycles. The molecular weight excluding hydrogens is 356 g/mol. The van der Waals surface area contributed by atoms with Gasteiger partial charge in [0.2, 0.25) is 5.91 Å². The minimum absolute atomic E-state index is 0.0425. The maximum Gasteiger partial charge on any atom is 0.494 e. The first-order valence-corrected chi connectivity index (χ1v) is 9.77. The molecule has 1 amide bonds. The summed E-state index contributed by atoms with van der Waals surface area (Å²) in [6.07, 6.45) is -0.0596. The van der Waals surface area contributed by atoms with Crippen molar-refractivity contribution in [2.75, 3.05) is 0 Å². The van der Waals surface area contributed by atoms with Gasteiger partial charge in [0.15, 0.2) is 0 Å². The highest BCUT2D eigenvalue weighted by Crippen LogP contribution is 2.23. The fourth-order valence-corrected chi connectivity index (χ4v) is 3.32. The maximum atomic E-state index is 14.7. The zero-order valence-corrected chi connectivity index (χ0v) is 16.9. The summed E-state index contributed by atoms with van der Waals surface area (Å²) in [7, 11) is -0.632. The molecule has 3 rings (SSSR count). The van der Waals surface area contributed by atoms with Crippen LogP contribution in [-0.4, -0.2) is 30.1 Å². The van der Waals surface area contributed by atoms with E-state index >= 15 is 0 Å². The van der Waals surface area contributed by atoms with E-state index in [1.807, 2.05) is 52.0 Å². The van der Waals surface area contributed by atoms with Crippen LogP contribution >= 0.6 is 0 Å². The summed E-state index contributed by atoms with van der Waals surface area (Å²) >= 11 is 0. The van der Waals surface area contributed by atoms with Gasteiger partial charge < -0.3 is 14.2 Å². The van der Waals surface area contributed by atoms with Crippen LogP contribution < -0.4 is 5.46 Å². The Bertz CT molecular complexity index is 805. The highest BCUT2D eigenvalue weighted by Gasteiger charge is 2.27. The number of benzene rings is 2. The number of amides is 1. The maximum absolute atomic E-state index is 14.7. The first-order valence-electron chi connectivity index (χ1n) is 9.77. The summed E-state index contributed by atoms with van der Waals surface area (Å²) < 4.78 is 26.3. The van der Waals surface area contributed by atoms with Gasteiger partial charge in [-0.05, 0) is 55.9 Å². The molecule has 0 aliphatic carbocycles. The van der Waals surface area contributed by atoms with E-state index in [4.69, 9.17) is 9.31 Å². The predicted molar refractivity (Wildman–Crippen MR) is 109 cm³/mol. The lowest BCUT2D eigenvalue weighted by atomic mass is 9.77. The Hall–Kier alpha value is -2.18. The van der Waals surface area contributed by atoms with Crippen LogP contribution in [-0.2, 0) is 33.6 Å². The van der Waals surface area contributed by atoms with Gasteiger partial charge in [-0.2, -0.15) is 0 Å². The van der Waals surface area contributed by atoms with Gasteiger partial charge in [-0.15, -0.1) is 0 Å². The second kappa shape index (κ2) is 8.88. The van der Waals surface area contributed by atoms with Crippen LogP contribution in [0.25, 0.3) is 0 Å². The van der Waals surface area contributed by atoms with Gasteiger partial charge in [-0.1, -0.05) is 36.4 Å². The molecule has 2 aromatic carbocycles. The fraction of sp³-hybridized carbons (Fsp3) is 0.409. The van der Waals surface area contributed by atoms with Gasteiger partial charge in [0, 0.05) is 25.3 Å². The molecular formula is C22H27BFNO3. The number of halogens is 1. The molecule has 6 heteroatoms. The monoisotopic (exact) mass is 383 g/mol. The number of rotatable bonds is 7. The van der Waals surface area contributed by atoms with Crippen molar-refractivity contribution in [2.24, 2.45) is 0 Å². The largest absolute Gasteiger partial charge is 0.494 e. The molecule has 0 aromatic heterocycles. The molecule has 0 spiro atoms. The molecule has 1 aliphatic heterocycles. The van der Waals surface area contributed by atoms with Crippen LogP contribution in [0.4, 0.5) is 4.39 Å². The minimum Gasteiger partial charge on any atom is -0.405 e. The molecule has 0 fully saturated rings. The van der Waals surface area contributed by atoms with E-state index in [0.717, 1.165) is 11.1 Å². The Balaban J connectivity index is 1.69. The van der Waals surface area contributed by atoms with Crippen LogP contribution in [0.1, 0.15) is 44.4 Å². The van der Waals surface area contributed by atoms with Gasteiger partial charge in [0.1, 0.15) is 5.82 Å². The summed E-state index contributed by atoms with van der Waals surface area (Å²) in [4.78, 5) is 14.4. The molecule has 1 aliphatic rings. The van der Waals surface area contributed by atoms with E-state index < -0.39 is 12.9 Å². The first kappa shape index (κ1) is 20.6. The summed E-state index contributed by atoms with van der Waals surface area (Å²) in [6, 6.07) is 12.9. The number of hydrogen-bond donors (Lipinski definition) is 0. The van der Waals surface area contributed by atoms with E-state index in [1.54, 1.807) is 17.0 Å². The lowest BCUT2D eigenvalue weighted by Crippen LogP contribution is -2.41. The average molecular weight is 383 g/mol. The minimum atomic E-state index is -0.632. The lowest BCUT2D eigenvalue weighted by molar-refractivity contribution is -0.131. The number of hydrogen-bond acceptors (Lipinski definition) is 3. The van der Waals surface area contributed by atoms with Gasteiger partial charge in [-0.25, -0.2) is 4.39 Å². The van der Waals surface area contributed by atoms with Crippen LogP contribution in [0.15, 0.2) is 42.5 Å². The van der Waals surface area contributed by atoms with E-state index in [2.05, 4.69) is 0 Å². The Morgan fingerprint density at radius 1 is 1.04 bits per heavy atom. The quantitative estimate of drug-likeness (QED) is 0.688. The van der Waals surface area contributed by atoms with Gasteiger partial charge in [0.25, 0.3) is 0 Å². The fourth-order valence-electron chi connectivity index (χ4n) is 3.32. The Labute approximate surface area is 166 Å². The molecule has 0 bridgehead atoms. The Kier molecular flexibility index (Phi) is 6.52. The molecule has 0 unspecified atom stereocenters. The number of carbonyl (C=O) groups is 1. The second-order valence-electron chi connectivity index (χ2n) is 7.75. The van der Waals surface area contributed by atoms with Crippen molar-refractivity contribution in [1.82, 2.24) is 4.90 Å². The number of nitrogens with zero attached hydrogens (tertiary/aromatic N) is 1. The predicted octanol–water partition coefficient (Wildman–Crippen LogP) is 3.46. The standard InChI is InChI=1S/C22H27BFNO3/c1-15(2)27-23(28-16(3)4)20-10-9-17(21(24)12-20)11-22(26)25-13-18-7-5-6-8-19(18)14-25/h5-10,12,15-16H,11,13-14H2,1-4H3. The van der Waals surface area contributed by atoms with Crippen molar-refractivity contribution in [3.8, 4) is 0 Å². The normalized spacial score (nSPS) is 13.3. The Morgan fingerprint density at radius 2 is 1.61 bits per heavy atom.